The topological polar surface area (TPSA) is 47.4 Å². The third-order valence-electron chi connectivity index (χ3n) is 5.40. The Morgan fingerprint density at radius 3 is 2.93 bits per heavy atom. The van der Waals surface area contributed by atoms with Crippen LogP contribution >= 0.6 is 0 Å². The van der Waals surface area contributed by atoms with Gasteiger partial charge >= 0.3 is 0 Å². The fourth-order valence-corrected chi connectivity index (χ4v) is 4.04. The van der Waals surface area contributed by atoms with Gasteiger partial charge in [-0.15, -0.1) is 6.58 Å². The van der Waals surface area contributed by atoms with Crippen molar-refractivity contribution >= 4 is 16.9 Å². The lowest BCUT2D eigenvalue weighted by Gasteiger charge is -2.16. The molecule has 1 atom stereocenters. The molecule has 2 heterocycles. The number of para-hydroxylation sites is 2. The summed E-state index contributed by atoms with van der Waals surface area (Å²) in [5.41, 5.74) is 3.30. The number of aromatic nitrogens is 2. The second kappa shape index (κ2) is 8.52. The minimum atomic E-state index is 0.118. The number of amides is 1. The minimum Gasteiger partial charge on any atom is -0.494 e. The quantitative estimate of drug-likeness (QED) is 0.426. The van der Waals surface area contributed by atoms with Crippen molar-refractivity contribution in [3.63, 3.8) is 0 Å². The summed E-state index contributed by atoms with van der Waals surface area (Å²) in [5.74, 6) is 2.20. The van der Waals surface area contributed by atoms with Crippen LogP contribution in [0.3, 0.4) is 0 Å². The van der Waals surface area contributed by atoms with Crippen molar-refractivity contribution in [2.75, 3.05) is 19.7 Å². The van der Waals surface area contributed by atoms with Crippen LogP contribution in [0, 0.1) is 6.92 Å². The zero-order valence-electron chi connectivity index (χ0n) is 16.9. The van der Waals surface area contributed by atoms with E-state index in [0.717, 1.165) is 35.6 Å². The summed E-state index contributed by atoms with van der Waals surface area (Å²) < 4.78 is 8.19. The first-order valence-corrected chi connectivity index (χ1v) is 10.2. The smallest absolute Gasteiger partial charge is 0.223 e. The van der Waals surface area contributed by atoms with Crippen molar-refractivity contribution in [3.05, 3.63) is 72.6 Å². The lowest BCUT2D eigenvalue weighted by molar-refractivity contribution is -0.127. The van der Waals surface area contributed by atoms with Gasteiger partial charge < -0.3 is 14.2 Å². The molecular formula is C24H27N3O2. The van der Waals surface area contributed by atoms with Crippen LogP contribution in [0.25, 0.3) is 11.0 Å². The zero-order valence-corrected chi connectivity index (χ0v) is 16.9. The lowest BCUT2D eigenvalue weighted by atomic mass is 10.1. The van der Waals surface area contributed by atoms with E-state index in [1.165, 1.54) is 5.56 Å². The Labute approximate surface area is 171 Å². The molecule has 29 heavy (non-hydrogen) atoms. The van der Waals surface area contributed by atoms with E-state index in [-0.39, 0.29) is 11.8 Å². The summed E-state index contributed by atoms with van der Waals surface area (Å²) in [6, 6.07) is 16.3. The van der Waals surface area contributed by atoms with Crippen molar-refractivity contribution in [3.8, 4) is 5.75 Å². The molecule has 0 unspecified atom stereocenters. The Kier molecular flexibility index (Phi) is 5.65. The van der Waals surface area contributed by atoms with Gasteiger partial charge in [-0.1, -0.05) is 30.3 Å². The van der Waals surface area contributed by atoms with Crippen LogP contribution in [0.5, 0.6) is 5.75 Å². The Morgan fingerprint density at radius 1 is 1.24 bits per heavy atom. The average molecular weight is 389 g/mol. The van der Waals surface area contributed by atoms with Crippen LogP contribution in [0.4, 0.5) is 0 Å². The number of nitrogens with zero attached hydrogens (tertiary/aromatic N) is 3. The van der Waals surface area contributed by atoms with E-state index in [1.54, 1.807) is 6.08 Å². The van der Waals surface area contributed by atoms with E-state index in [9.17, 15) is 4.79 Å². The van der Waals surface area contributed by atoms with Crippen LogP contribution in [-0.2, 0) is 11.3 Å². The number of imidazole rings is 1. The predicted octanol–water partition coefficient (Wildman–Crippen LogP) is 4.32. The number of ether oxygens (including phenoxy) is 1. The second-order valence-electron chi connectivity index (χ2n) is 7.62. The summed E-state index contributed by atoms with van der Waals surface area (Å²) in [7, 11) is 0. The first-order chi connectivity index (χ1) is 14.2. The number of aryl methyl sites for hydroxylation is 2. The highest BCUT2D eigenvalue weighted by molar-refractivity contribution is 5.81. The molecule has 0 N–H and O–H groups in total. The highest BCUT2D eigenvalue weighted by atomic mass is 16.5. The van der Waals surface area contributed by atoms with Crippen molar-refractivity contribution in [2.24, 2.45) is 0 Å². The Bertz CT molecular complexity index is 1020. The van der Waals surface area contributed by atoms with Gasteiger partial charge in [0.05, 0.1) is 17.6 Å². The molecule has 150 valence electrons. The van der Waals surface area contributed by atoms with Crippen LogP contribution in [0.15, 0.2) is 61.2 Å². The van der Waals surface area contributed by atoms with E-state index in [4.69, 9.17) is 9.72 Å². The molecule has 1 fully saturated rings. The van der Waals surface area contributed by atoms with E-state index in [2.05, 4.69) is 36.3 Å². The summed E-state index contributed by atoms with van der Waals surface area (Å²) in [4.78, 5) is 19.1. The summed E-state index contributed by atoms with van der Waals surface area (Å²) in [6.07, 6.45) is 3.17. The molecule has 0 bridgehead atoms. The lowest BCUT2D eigenvalue weighted by Crippen LogP contribution is -2.25. The first kappa shape index (κ1) is 19.2. The molecule has 0 spiro atoms. The monoisotopic (exact) mass is 389 g/mol. The van der Waals surface area contributed by atoms with Gasteiger partial charge in [0.25, 0.3) is 0 Å². The summed E-state index contributed by atoms with van der Waals surface area (Å²) in [5, 5.41) is 0. The fourth-order valence-electron chi connectivity index (χ4n) is 4.04. The zero-order chi connectivity index (χ0) is 20.2. The average Bonchev–Trinajstić information content (AvgIpc) is 3.26. The fraction of sp³-hybridized carbons (Fsp3) is 0.333. The van der Waals surface area contributed by atoms with Crippen LogP contribution in [-0.4, -0.2) is 40.1 Å². The third kappa shape index (κ3) is 4.19. The Hall–Kier alpha value is -3.08. The molecule has 4 rings (SSSR count). The Balaban J connectivity index is 1.50. The number of hydrogen-bond donors (Lipinski definition) is 0. The summed E-state index contributed by atoms with van der Waals surface area (Å²) in [6.45, 7) is 8.58. The van der Waals surface area contributed by atoms with Crippen molar-refractivity contribution < 1.29 is 9.53 Å². The molecule has 1 aromatic heterocycles. The predicted molar refractivity (Wildman–Crippen MR) is 115 cm³/mol. The number of hydrogen-bond acceptors (Lipinski definition) is 3. The van der Waals surface area contributed by atoms with Gasteiger partial charge in [0, 0.05) is 32.0 Å². The number of carbonyl (C=O) groups is 1. The van der Waals surface area contributed by atoms with Crippen LogP contribution < -0.4 is 4.74 Å². The molecule has 5 nitrogen and oxygen atoms in total. The van der Waals surface area contributed by atoms with Crippen LogP contribution in [0.2, 0.25) is 0 Å². The molecule has 3 aromatic rings. The maximum Gasteiger partial charge on any atom is 0.223 e. The second-order valence-corrected chi connectivity index (χ2v) is 7.62. The normalized spacial score (nSPS) is 16.5. The molecule has 1 saturated heterocycles. The standard InChI is InChI=1S/C24H27N3O2/c1-3-12-26-17-19(16-23(26)28)24-25-21-10-4-5-11-22(21)27(24)13-7-14-29-20-9-6-8-18(2)15-20/h3-6,8-11,15,19H,1,7,12-14,16-17H2,2H3/t19-/m0/s1. The minimum absolute atomic E-state index is 0.118. The highest BCUT2D eigenvalue weighted by Gasteiger charge is 2.33. The highest BCUT2D eigenvalue weighted by Crippen LogP contribution is 2.30. The maximum atomic E-state index is 12.3. The van der Waals surface area contributed by atoms with Crippen molar-refractivity contribution in [2.45, 2.75) is 32.2 Å². The number of likely N-dealkylation sites (tertiary alicyclic amines) is 1. The Morgan fingerprint density at radius 2 is 2.10 bits per heavy atom. The molecule has 1 amide bonds. The maximum absolute atomic E-state index is 12.3. The van der Waals surface area contributed by atoms with Gasteiger partial charge in [0.15, 0.2) is 0 Å². The molecule has 0 radical (unpaired) electrons. The molecule has 1 aliphatic heterocycles. The van der Waals surface area contributed by atoms with E-state index < -0.39 is 0 Å². The molecular weight excluding hydrogens is 362 g/mol. The van der Waals surface area contributed by atoms with E-state index in [0.29, 0.717) is 26.1 Å². The number of benzene rings is 2. The molecule has 5 heteroatoms. The largest absolute Gasteiger partial charge is 0.494 e. The van der Waals surface area contributed by atoms with Crippen molar-refractivity contribution in [1.29, 1.82) is 0 Å². The van der Waals surface area contributed by atoms with Gasteiger partial charge in [-0.3, -0.25) is 4.79 Å². The number of fused-ring (bicyclic) bond motifs is 1. The van der Waals surface area contributed by atoms with Gasteiger partial charge in [0.1, 0.15) is 11.6 Å². The third-order valence-corrected chi connectivity index (χ3v) is 5.40. The van der Waals surface area contributed by atoms with Crippen LogP contribution in [0.1, 0.15) is 30.1 Å². The van der Waals surface area contributed by atoms with Gasteiger partial charge in [0.2, 0.25) is 5.91 Å². The van der Waals surface area contributed by atoms with Gasteiger partial charge in [-0.25, -0.2) is 4.98 Å². The first-order valence-electron chi connectivity index (χ1n) is 10.2. The summed E-state index contributed by atoms with van der Waals surface area (Å²) >= 11 is 0. The molecule has 0 aliphatic carbocycles. The van der Waals surface area contributed by atoms with E-state index >= 15 is 0 Å². The number of carbonyl (C=O) groups excluding carboxylic acids is 1. The molecule has 2 aromatic carbocycles. The molecule has 1 aliphatic rings. The molecule has 0 saturated carbocycles. The van der Waals surface area contributed by atoms with Gasteiger partial charge in [-0.05, 0) is 43.2 Å². The van der Waals surface area contributed by atoms with E-state index in [1.807, 2.05) is 35.2 Å². The number of rotatable bonds is 8. The SMILES string of the molecule is C=CCN1C[C@@H](c2nc3ccccc3n2CCCOc2cccc(C)c2)CC1=O. The van der Waals surface area contributed by atoms with Gasteiger partial charge in [-0.2, -0.15) is 0 Å². The van der Waals surface area contributed by atoms with Crippen molar-refractivity contribution in [1.82, 2.24) is 14.5 Å².